The molecule has 0 aliphatic rings. The van der Waals surface area contributed by atoms with Gasteiger partial charge in [-0.2, -0.15) is 5.10 Å². The van der Waals surface area contributed by atoms with E-state index in [1.807, 2.05) is 36.4 Å². The van der Waals surface area contributed by atoms with Crippen molar-refractivity contribution in [2.45, 2.75) is 0 Å². The minimum atomic E-state index is 0.380. The lowest BCUT2D eigenvalue weighted by molar-refractivity contribution is 0.111. The van der Waals surface area contributed by atoms with E-state index >= 15 is 0 Å². The number of aliphatic imine (C=N–C) groups is 1. The molecule has 100 valence electrons. The Balaban J connectivity index is 2.60. The van der Waals surface area contributed by atoms with Gasteiger partial charge in [-0.3, -0.25) is 9.79 Å². The normalized spacial score (nSPS) is 11.8. The second-order valence-corrected chi connectivity index (χ2v) is 4.05. The molecule has 0 radical (unpaired) electrons. The zero-order valence-electron chi connectivity index (χ0n) is 11.2. The summed E-state index contributed by atoms with van der Waals surface area (Å²) in [4.78, 5) is 14.9. The van der Waals surface area contributed by atoms with Gasteiger partial charge in [0.25, 0.3) is 0 Å². The molecule has 4 heteroatoms. The van der Waals surface area contributed by atoms with Gasteiger partial charge in [0.1, 0.15) is 5.69 Å². The van der Waals surface area contributed by atoms with Gasteiger partial charge in [0.05, 0.1) is 11.4 Å². The van der Waals surface area contributed by atoms with Crippen LogP contribution in [0.5, 0.6) is 0 Å². The Kier molecular flexibility index (Phi) is 4.39. The molecule has 1 aromatic carbocycles. The summed E-state index contributed by atoms with van der Waals surface area (Å²) in [6.45, 7) is 3.80. The van der Waals surface area contributed by atoms with Crippen LogP contribution in [-0.4, -0.2) is 29.3 Å². The third kappa shape index (κ3) is 2.80. The average molecular weight is 265 g/mol. The lowest BCUT2D eigenvalue weighted by atomic mass is 10.1. The van der Waals surface area contributed by atoms with Crippen LogP contribution in [0.25, 0.3) is 11.3 Å². The molecule has 0 amide bonds. The number of allylic oxidation sites excluding steroid dienone is 3. The quantitative estimate of drug-likeness (QED) is 0.474. The molecule has 2 rings (SSSR count). The Hall–Kier alpha value is -2.75. The van der Waals surface area contributed by atoms with Crippen molar-refractivity contribution in [2.24, 2.45) is 4.99 Å². The Morgan fingerprint density at radius 2 is 2.10 bits per heavy atom. The van der Waals surface area contributed by atoms with E-state index in [1.165, 1.54) is 0 Å². The molecular formula is C16H15N3O. The van der Waals surface area contributed by atoms with Crippen LogP contribution in [0.15, 0.2) is 60.1 Å². The fourth-order valence-corrected chi connectivity index (χ4v) is 1.84. The molecule has 0 N–H and O–H groups in total. The summed E-state index contributed by atoms with van der Waals surface area (Å²) in [6, 6.07) is 11.4. The molecule has 2 aromatic rings. The summed E-state index contributed by atoms with van der Waals surface area (Å²) in [5.74, 6) is 0. The van der Waals surface area contributed by atoms with E-state index in [4.69, 9.17) is 0 Å². The number of hydrogen-bond acceptors (Lipinski definition) is 3. The molecule has 0 saturated carbocycles. The molecular weight excluding hydrogens is 250 g/mol. The van der Waals surface area contributed by atoms with Crippen LogP contribution in [0.3, 0.4) is 0 Å². The average Bonchev–Trinajstić information content (AvgIpc) is 2.93. The molecule has 1 aromatic heterocycles. The summed E-state index contributed by atoms with van der Waals surface area (Å²) in [7, 11) is 1.70. The highest BCUT2D eigenvalue weighted by Gasteiger charge is 2.11. The van der Waals surface area contributed by atoms with E-state index < -0.39 is 0 Å². The fraction of sp³-hybridized carbons (Fsp3) is 0.0625. The van der Waals surface area contributed by atoms with Crippen molar-refractivity contribution in [1.29, 1.82) is 0 Å². The number of carbonyl (C=O) groups excluding carboxylic acids is 1. The highest BCUT2D eigenvalue weighted by Crippen LogP contribution is 2.20. The maximum atomic E-state index is 11.0. The molecule has 0 aliphatic carbocycles. The first kappa shape index (κ1) is 13.7. The largest absolute Gasteiger partial charge is 0.296 e. The molecule has 0 spiro atoms. The highest BCUT2D eigenvalue weighted by molar-refractivity contribution is 5.88. The van der Waals surface area contributed by atoms with Crippen molar-refractivity contribution in [3.05, 3.63) is 66.5 Å². The molecule has 20 heavy (non-hydrogen) atoms. The van der Waals surface area contributed by atoms with Gasteiger partial charge in [-0.25, -0.2) is 4.68 Å². The maximum Gasteiger partial charge on any atom is 0.170 e. The maximum absolute atomic E-state index is 11.0. The number of benzene rings is 1. The molecule has 0 fully saturated rings. The van der Waals surface area contributed by atoms with Gasteiger partial charge in [-0.1, -0.05) is 30.9 Å². The second-order valence-electron chi connectivity index (χ2n) is 4.05. The molecule has 0 bridgehead atoms. The van der Waals surface area contributed by atoms with Crippen LogP contribution in [-0.2, 0) is 0 Å². The smallest absolute Gasteiger partial charge is 0.170 e. The molecule has 0 aliphatic heterocycles. The number of carbonyl (C=O) groups is 1. The Morgan fingerprint density at radius 3 is 2.70 bits per heavy atom. The van der Waals surface area contributed by atoms with Crippen molar-refractivity contribution >= 4 is 18.1 Å². The summed E-state index contributed by atoms with van der Waals surface area (Å²) in [5.41, 5.74) is 2.91. The minimum absolute atomic E-state index is 0.380. The predicted octanol–water partition coefficient (Wildman–Crippen LogP) is 2.95. The van der Waals surface area contributed by atoms with Gasteiger partial charge in [-0.15, -0.1) is 0 Å². The SMILES string of the molecule is C=C/C(=C\C=NC)c1cc(C=O)nn1-c1ccccc1. The van der Waals surface area contributed by atoms with Gasteiger partial charge < -0.3 is 0 Å². The highest BCUT2D eigenvalue weighted by atomic mass is 16.1. The number of aromatic nitrogens is 2. The van der Waals surface area contributed by atoms with Gasteiger partial charge in [-0.05, 0) is 24.3 Å². The van der Waals surface area contributed by atoms with E-state index in [9.17, 15) is 4.79 Å². The van der Waals surface area contributed by atoms with E-state index in [2.05, 4.69) is 16.7 Å². The van der Waals surface area contributed by atoms with Crippen molar-refractivity contribution in [3.63, 3.8) is 0 Å². The van der Waals surface area contributed by atoms with Gasteiger partial charge >= 0.3 is 0 Å². The molecule has 0 unspecified atom stereocenters. The molecule has 0 saturated heterocycles. The molecule has 4 nitrogen and oxygen atoms in total. The summed E-state index contributed by atoms with van der Waals surface area (Å²) in [5, 5.41) is 4.29. The van der Waals surface area contributed by atoms with E-state index in [1.54, 1.807) is 30.1 Å². The van der Waals surface area contributed by atoms with E-state index in [0.717, 1.165) is 23.2 Å². The zero-order chi connectivity index (χ0) is 14.4. The van der Waals surface area contributed by atoms with E-state index in [-0.39, 0.29) is 0 Å². The van der Waals surface area contributed by atoms with Crippen LogP contribution in [0.1, 0.15) is 16.2 Å². The van der Waals surface area contributed by atoms with Crippen LogP contribution in [0.4, 0.5) is 0 Å². The minimum Gasteiger partial charge on any atom is -0.296 e. The third-order valence-corrected chi connectivity index (χ3v) is 2.77. The number of rotatable bonds is 5. The number of nitrogens with zero attached hydrogens (tertiary/aromatic N) is 3. The molecule has 0 atom stereocenters. The Bertz CT molecular complexity index is 666. The number of aldehydes is 1. The van der Waals surface area contributed by atoms with Gasteiger partial charge in [0.2, 0.25) is 0 Å². The summed E-state index contributed by atoms with van der Waals surface area (Å²) >= 11 is 0. The lowest BCUT2D eigenvalue weighted by Crippen LogP contribution is -2.01. The van der Waals surface area contributed by atoms with Crippen molar-refractivity contribution < 1.29 is 4.79 Å². The van der Waals surface area contributed by atoms with Crippen LogP contribution >= 0.6 is 0 Å². The van der Waals surface area contributed by atoms with Crippen molar-refractivity contribution in [2.75, 3.05) is 7.05 Å². The number of hydrogen-bond donors (Lipinski definition) is 0. The molecule has 1 heterocycles. The standard InChI is InChI=1S/C16H15N3O/c1-3-13(9-10-17-2)16-11-14(12-20)18-19(16)15-7-5-4-6-8-15/h3-12H,1H2,2H3/b13-9+,17-10?. The van der Waals surface area contributed by atoms with Gasteiger partial charge in [0, 0.05) is 18.8 Å². The zero-order valence-corrected chi connectivity index (χ0v) is 11.2. The summed E-state index contributed by atoms with van der Waals surface area (Å²) in [6.07, 6.45) is 5.96. The first-order valence-electron chi connectivity index (χ1n) is 6.16. The second kappa shape index (κ2) is 6.43. The van der Waals surface area contributed by atoms with Crippen molar-refractivity contribution in [3.8, 4) is 5.69 Å². The third-order valence-electron chi connectivity index (χ3n) is 2.77. The van der Waals surface area contributed by atoms with Crippen LogP contribution in [0.2, 0.25) is 0 Å². The topological polar surface area (TPSA) is 47.2 Å². The summed E-state index contributed by atoms with van der Waals surface area (Å²) < 4.78 is 1.72. The van der Waals surface area contributed by atoms with Gasteiger partial charge in [0.15, 0.2) is 6.29 Å². The first-order chi connectivity index (χ1) is 9.80. The monoisotopic (exact) mass is 265 g/mol. The Labute approximate surface area is 117 Å². The van der Waals surface area contributed by atoms with Crippen LogP contribution < -0.4 is 0 Å². The first-order valence-corrected chi connectivity index (χ1v) is 6.16. The van der Waals surface area contributed by atoms with Crippen LogP contribution in [0, 0.1) is 0 Å². The Morgan fingerprint density at radius 1 is 1.35 bits per heavy atom. The lowest BCUT2D eigenvalue weighted by Gasteiger charge is -2.07. The van der Waals surface area contributed by atoms with Crippen molar-refractivity contribution in [1.82, 2.24) is 9.78 Å². The predicted molar refractivity (Wildman–Crippen MR) is 81.5 cm³/mol. The fourth-order valence-electron chi connectivity index (χ4n) is 1.84. The van der Waals surface area contributed by atoms with E-state index in [0.29, 0.717) is 5.69 Å². The number of para-hydroxylation sites is 1.